The number of hydrogen-bond acceptors (Lipinski definition) is 3. The minimum absolute atomic E-state index is 0.128. The topological polar surface area (TPSA) is 44.8 Å². The fraction of sp³-hybridized carbons (Fsp3) is 0.533. The van der Waals surface area contributed by atoms with Crippen molar-refractivity contribution < 1.29 is 22.7 Å². The normalized spacial score (nSPS) is 18.0. The summed E-state index contributed by atoms with van der Waals surface area (Å²) in [7, 11) is 3.36. The average Bonchev–Trinajstić information content (AvgIpc) is 2.92. The number of carbonyl (C=O) groups is 1. The van der Waals surface area contributed by atoms with Crippen LogP contribution < -0.4 is 15.0 Å². The molecule has 1 N–H and O–H groups in total. The number of nitrogens with one attached hydrogen (secondary N) is 1. The Morgan fingerprint density at radius 3 is 2.57 bits per heavy atom. The Balaban J connectivity index is 1.85. The highest BCUT2D eigenvalue weighted by molar-refractivity contribution is 5.73. The van der Waals surface area contributed by atoms with Crippen molar-refractivity contribution in [3.63, 3.8) is 0 Å². The zero-order chi connectivity index (χ0) is 17.0. The molecule has 1 aromatic carbocycles. The predicted octanol–water partition coefficient (Wildman–Crippen LogP) is 2.68. The van der Waals surface area contributed by atoms with E-state index < -0.39 is 6.36 Å². The number of urea groups is 1. The number of carbonyl (C=O) groups excluding carboxylic acids is 1. The number of rotatable bonds is 4. The maximum Gasteiger partial charge on any atom is 0.573 e. The number of amides is 2. The van der Waals surface area contributed by atoms with E-state index in [4.69, 9.17) is 0 Å². The van der Waals surface area contributed by atoms with Crippen molar-refractivity contribution in [2.45, 2.75) is 12.8 Å². The first-order chi connectivity index (χ1) is 10.7. The van der Waals surface area contributed by atoms with Gasteiger partial charge in [-0.1, -0.05) is 0 Å². The van der Waals surface area contributed by atoms with Crippen molar-refractivity contribution in [2.24, 2.45) is 5.92 Å². The Labute approximate surface area is 133 Å². The number of alkyl halides is 3. The number of hydrogen-bond donors (Lipinski definition) is 1. The average molecular weight is 331 g/mol. The first kappa shape index (κ1) is 17.2. The minimum Gasteiger partial charge on any atom is -0.406 e. The molecule has 1 saturated heterocycles. The third kappa shape index (κ3) is 5.22. The fourth-order valence-corrected chi connectivity index (χ4v) is 2.48. The van der Waals surface area contributed by atoms with E-state index in [9.17, 15) is 18.0 Å². The van der Waals surface area contributed by atoms with Gasteiger partial charge in [0.25, 0.3) is 0 Å². The molecular weight excluding hydrogens is 311 g/mol. The van der Waals surface area contributed by atoms with Crippen LogP contribution in [0.15, 0.2) is 24.3 Å². The van der Waals surface area contributed by atoms with Crippen LogP contribution in [-0.2, 0) is 0 Å². The molecular formula is C15H20F3N3O2. The van der Waals surface area contributed by atoms with Crippen molar-refractivity contribution in [1.29, 1.82) is 0 Å². The van der Waals surface area contributed by atoms with Crippen LogP contribution in [0.4, 0.5) is 23.7 Å². The van der Waals surface area contributed by atoms with Crippen LogP contribution in [0.25, 0.3) is 0 Å². The second-order valence-electron chi connectivity index (χ2n) is 5.72. The predicted molar refractivity (Wildman–Crippen MR) is 80.5 cm³/mol. The van der Waals surface area contributed by atoms with E-state index in [-0.39, 0.29) is 11.8 Å². The van der Waals surface area contributed by atoms with Crippen LogP contribution in [0.2, 0.25) is 0 Å². The van der Waals surface area contributed by atoms with Crippen LogP contribution in [0, 0.1) is 5.92 Å². The van der Waals surface area contributed by atoms with E-state index in [0.29, 0.717) is 12.5 Å². The zero-order valence-electron chi connectivity index (χ0n) is 13.1. The molecule has 0 aliphatic carbocycles. The molecule has 1 aliphatic rings. The van der Waals surface area contributed by atoms with E-state index in [1.165, 1.54) is 17.0 Å². The number of anilines is 1. The highest BCUT2D eigenvalue weighted by atomic mass is 19.4. The van der Waals surface area contributed by atoms with E-state index in [0.717, 1.165) is 25.2 Å². The molecule has 0 spiro atoms. The summed E-state index contributed by atoms with van der Waals surface area (Å²) in [4.78, 5) is 15.1. The smallest absolute Gasteiger partial charge is 0.406 e. The molecule has 23 heavy (non-hydrogen) atoms. The molecule has 1 aliphatic heterocycles. The largest absolute Gasteiger partial charge is 0.573 e. The number of halogens is 3. The van der Waals surface area contributed by atoms with Crippen LogP contribution >= 0.6 is 0 Å². The van der Waals surface area contributed by atoms with Gasteiger partial charge in [-0.3, -0.25) is 0 Å². The van der Waals surface area contributed by atoms with Gasteiger partial charge in [-0.25, -0.2) is 4.79 Å². The molecule has 128 valence electrons. The molecule has 2 rings (SSSR count). The van der Waals surface area contributed by atoms with Crippen LogP contribution in [0.3, 0.4) is 0 Å². The van der Waals surface area contributed by atoms with Crippen molar-refractivity contribution >= 4 is 11.7 Å². The molecule has 1 fully saturated rings. The number of benzene rings is 1. The lowest BCUT2D eigenvalue weighted by atomic mass is 10.1. The van der Waals surface area contributed by atoms with Gasteiger partial charge in [0, 0.05) is 39.4 Å². The molecule has 0 bridgehead atoms. The van der Waals surface area contributed by atoms with Gasteiger partial charge < -0.3 is 19.9 Å². The summed E-state index contributed by atoms with van der Waals surface area (Å²) < 4.78 is 40.2. The quantitative estimate of drug-likeness (QED) is 0.923. The lowest BCUT2D eigenvalue weighted by Crippen LogP contribution is -2.38. The molecule has 0 aromatic heterocycles. The lowest BCUT2D eigenvalue weighted by molar-refractivity contribution is -0.274. The third-order valence-corrected chi connectivity index (χ3v) is 3.67. The Morgan fingerprint density at radius 2 is 2.00 bits per heavy atom. The van der Waals surface area contributed by atoms with E-state index in [2.05, 4.69) is 15.0 Å². The standard InChI is InChI=1S/C15H20F3N3O2/c1-20(2)14(22)19-9-11-7-8-21(10-11)12-3-5-13(6-4-12)23-15(16,17)18/h3-6,11H,7-10H2,1-2H3,(H,19,22). The SMILES string of the molecule is CN(C)C(=O)NCC1CCN(c2ccc(OC(F)(F)F)cc2)C1. The summed E-state index contributed by atoms with van der Waals surface area (Å²) in [5, 5.41) is 2.85. The summed E-state index contributed by atoms with van der Waals surface area (Å²) in [6.45, 7) is 2.15. The van der Waals surface area contributed by atoms with Gasteiger partial charge in [0.15, 0.2) is 0 Å². The molecule has 0 saturated carbocycles. The summed E-state index contributed by atoms with van der Waals surface area (Å²) in [6.07, 6.45) is -3.75. The van der Waals surface area contributed by atoms with Gasteiger partial charge in [0.05, 0.1) is 0 Å². The van der Waals surface area contributed by atoms with Gasteiger partial charge >= 0.3 is 12.4 Å². The van der Waals surface area contributed by atoms with Gasteiger partial charge in [0.1, 0.15) is 5.75 Å². The Morgan fingerprint density at radius 1 is 1.35 bits per heavy atom. The van der Waals surface area contributed by atoms with Gasteiger partial charge in [0.2, 0.25) is 0 Å². The van der Waals surface area contributed by atoms with Crippen molar-refractivity contribution in [3.05, 3.63) is 24.3 Å². The number of nitrogens with zero attached hydrogens (tertiary/aromatic N) is 2. The minimum atomic E-state index is -4.68. The third-order valence-electron chi connectivity index (χ3n) is 3.67. The molecule has 1 heterocycles. The second-order valence-corrected chi connectivity index (χ2v) is 5.72. The van der Waals surface area contributed by atoms with Gasteiger partial charge in [-0.05, 0) is 36.6 Å². The van der Waals surface area contributed by atoms with Crippen LogP contribution in [-0.4, -0.2) is 51.0 Å². The lowest BCUT2D eigenvalue weighted by Gasteiger charge is -2.20. The van der Waals surface area contributed by atoms with Gasteiger partial charge in [-0.15, -0.1) is 13.2 Å². The molecule has 1 aromatic rings. The Kier molecular flexibility index (Phi) is 5.23. The van der Waals surface area contributed by atoms with E-state index >= 15 is 0 Å². The zero-order valence-corrected chi connectivity index (χ0v) is 13.1. The van der Waals surface area contributed by atoms with Crippen LogP contribution in [0.1, 0.15) is 6.42 Å². The monoisotopic (exact) mass is 331 g/mol. The van der Waals surface area contributed by atoms with E-state index in [1.54, 1.807) is 26.2 Å². The first-order valence-corrected chi connectivity index (χ1v) is 7.30. The first-order valence-electron chi connectivity index (χ1n) is 7.30. The maximum atomic E-state index is 12.1. The molecule has 2 amide bonds. The molecule has 1 atom stereocenters. The van der Waals surface area contributed by atoms with Crippen LogP contribution in [0.5, 0.6) is 5.75 Å². The molecule has 1 unspecified atom stereocenters. The highest BCUT2D eigenvalue weighted by Gasteiger charge is 2.31. The molecule has 5 nitrogen and oxygen atoms in total. The highest BCUT2D eigenvalue weighted by Crippen LogP contribution is 2.28. The summed E-state index contributed by atoms with van der Waals surface area (Å²) >= 11 is 0. The Bertz CT molecular complexity index is 532. The van der Waals surface area contributed by atoms with Gasteiger partial charge in [-0.2, -0.15) is 0 Å². The number of ether oxygens (including phenoxy) is 1. The van der Waals surface area contributed by atoms with Crippen molar-refractivity contribution in [1.82, 2.24) is 10.2 Å². The molecule has 8 heteroatoms. The van der Waals surface area contributed by atoms with Crippen molar-refractivity contribution in [2.75, 3.05) is 38.6 Å². The second kappa shape index (κ2) is 6.97. The summed E-state index contributed by atoms with van der Waals surface area (Å²) in [5.74, 6) is 0.0974. The van der Waals surface area contributed by atoms with Crippen molar-refractivity contribution in [3.8, 4) is 5.75 Å². The fourth-order valence-electron chi connectivity index (χ4n) is 2.48. The molecule has 0 radical (unpaired) electrons. The van der Waals surface area contributed by atoms with E-state index in [1.807, 2.05) is 0 Å². The maximum absolute atomic E-state index is 12.1. The summed E-state index contributed by atoms with van der Waals surface area (Å²) in [6, 6.07) is 5.72. The summed E-state index contributed by atoms with van der Waals surface area (Å²) in [5.41, 5.74) is 0.848. The Hall–Kier alpha value is -2.12.